The second-order valence-electron chi connectivity index (χ2n) is 16.4. The fourth-order valence-electron chi connectivity index (χ4n) is 11.6. The van der Waals surface area contributed by atoms with Crippen LogP contribution in [0.25, 0.3) is 0 Å². The van der Waals surface area contributed by atoms with Gasteiger partial charge >= 0.3 is 0 Å². The first-order valence-electron chi connectivity index (χ1n) is 17.3. The van der Waals surface area contributed by atoms with E-state index < -0.39 is 6.10 Å². The molecule has 0 radical (unpaired) electrons. The normalized spacial score (nSPS) is 39.7. The average molecular weight is 577 g/mol. The number of hydrogen-bond donors (Lipinski definition) is 1. The maximum absolute atomic E-state index is 10.3. The number of ether oxygens (including phenoxy) is 2. The van der Waals surface area contributed by atoms with Gasteiger partial charge < -0.3 is 19.5 Å². The summed E-state index contributed by atoms with van der Waals surface area (Å²) < 4.78 is 12.2. The molecular formula is C37H56N2O3. The average Bonchev–Trinajstić information content (AvgIpc) is 3.16. The van der Waals surface area contributed by atoms with Gasteiger partial charge in [-0.1, -0.05) is 57.7 Å². The number of methoxy groups -OCH3 is 1. The summed E-state index contributed by atoms with van der Waals surface area (Å²) in [5.74, 6) is 2.72. The van der Waals surface area contributed by atoms with Gasteiger partial charge in [0.15, 0.2) is 11.5 Å². The van der Waals surface area contributed by atoms with Crippen LogP contribution >= 0.6 is 0 Å². The van der Waals surface area contributed by atoms with Crippen molar-refractivity contribution in [2.75, 3.05) is 33.8 Å². The highest BCUT2D eigenvalue weighted by molar-refractivity contribution is 5.61. The lowest BCUT2D eigenvalue weighted by Crippen LogP contribution is -2.64. The zero-order valence-corrected chi connectivity index (χ0v) is 26.9. The summed E-state index contributed by atoms with van der Waals surface area (Å²) in [5.41, 5.74) is 4.27. The molecule has 4 saturated carbocycles. The molecule has 1 N–H and O–H groups in total. The van der Waals surface area contributed by atoms with Crippen LogP contribution in [0.4, 0.5) is 0 Å². The second kappa shape index (κ2) is 10.8. The number of hydrogen-bond acceptors (Lipinski definition) is 5. The van der Waals surface area contributed by atoms with Crippen LogP contribution in [-0.4, -0.2) is 66.4 Å². The van der Waals surface area contributed by atoms with Crippen molar-refractivity contribution in [3.05, 3.63) is 35.4 Å². The third-order valence-corrected chi connectivity index (χ3v) is 12.7. The predicted molar refractivity (Wildman–Crippen MR) is 169 cm³/mol. The van der Waals surface area contributed by atoms with Crippen LogP contribution in [0.5, 0.6) is 11.5 Å². The molecule has 4 bridgehead atoms. The Morgan fingerprint density at radius 3 is 2.48 bits per heavy atom. The lowest BCUT2D eigenvalue weighted by molar-refractivity contribution is -0.156. The van der Waals surface area contributed by atoms with E-state index in [2.05, 4.69) is 48.9 Å². The first-order valence-corrected chi connectivity index (χ1v) is 17.3. The van der Waals surface area contributed by atoms with Crippen molar-refractivity contribution >= 4 is 0 Å². The Kier molecular flexibility index (Phi) is 7.50. The van der Waals surface area contributed by atoms with E-state index in [0.29, 0.717) is 22.8 Å². The van der Waals surface area contributed by atoms with Gasteiger partial charge in [0.1, 0.15) is 6.10 Å². The minimum atomic E-state index is -0.423. The quantitative estimate of drug-likeness (QED) is 0.222. The number of benzene rings is 1. The number of rotatable bonds is 11. The van der Waals surface area contributed by atoms with Gasteiger partial charge in [-0.3, -0.25) is 4.90 Å². The summed E-state index contributed by atoms with van der Waals surface area (Å²) in [6, 6.07) is 4.33. The Balaban J connectivity index is 0.865. The summed E-state index contributed by atoms with van der Waals surface area (Å²) in [6.45, 7) is 9.72. The lowest BCUT2D eigenvalue weighted by atomic mass is 9.42. The van der Waals surface area contributed by atoms with Crippen LogP contribution in [0, 0.1) is 16.7 Å². The Bertz CT molecular complexity index is 1180. The van der Waals surface area contributed by atoms with Crippen molar-refractivity contribution in [2.24, 2.45) is 16.7 Å². The van der Waals surface area contributed by atoms with Crippen molar-refractivity contribution in [3.8, 4) is 11.5 Å². The molecule has 8 rings (SSSR count). The molecule has 5 heteroatoms. The molecule has 0 saturated heterocycles. The number of nitrogens with zero attached hydrogens (tertiary/aromatic N) is 2. The zero-order chi connectivity index (χ0) is 29.2. The maximum Gasteiger partial charge on any atom is 0.166 e. The van der Waals surface area contributed by atoms with Gasteiger partial charge in [0, 0.05) is 24.1 Å². The highest BCUT2D eigenvalue weighted by Gasteiger charge is 2.61. The maximum atomic E-state index is 10.3. The van der Waals surface area contributed by atoms with Crippen LogP contribution < -0.4 is 9.47 Å². The van der Waals surface area contributed by atoms with E-state index in [0.717, 1.165) is 36.9 Å². The molecule has 5 aliphatic carbocycles. The molecule has 7 atom stereocenters. The van der Waals surface area contributed by atoms with E-state index in [-0.39, 0.29) is 11.5 Å². The van der Waals surface area contributed by atoms with Gasteiger partial charge in [0.2, 0.25) is 0 Å². The molecule has 5 nitrogen and oxygen atoms in total. The van der Waals surface area contributed by atoms with Gasteiger partial charge in [0.25, 0.3) is 0 Å². The van der Waals surface area contributed by atoms with Crippen LogP contribution in [0.15, 0.2) is 24.3 Å². The van der Waals surface area contributed by atoms with Crippen LogP contribution in [0.1, 0.15) is 115 Å². The molecule has 0 amide bonds. The zero-order valence-electron chi connectivity index (χ0n) is 26.9. The molecule has 7 aliphatic rings. The van der Waals surface area contributed by atoms with Crippen molar-refractivity contribution in [3.63, 3.8) is 0 Å². The standard InChI is InChI=1S/C37H56N2O3/c1-34-20-27-21-35(2,24-34)26-36(22-27,25-34)38(3)16-9-7-5-6-8-10-17-39-18-15-37-14-13-29(40)19-31(37)42-33-30(41-4)12-11-28(23-39)32(33)37/h11-14,27,29,31,40H,5-10,15-26H2,1-4H3/t27?,29-,31-,34-,35+,36?,37-/m0/s1. The largest absolute Gasteiger partial charge is 0.493 e. The van der Waals surface area contributed by atoms with Gasteiger partial charge in [0.05, 0.1) is 18.6 Å². The Labute approximate surface area is 255 Å². The summed E-state index contributed by atoms with van der Waals surface area (Å²) in [7, 11) is 4.19. The molecule has 232 valence electrons. The van der Waals surface area contributed by atoms with E-state index >= 15 is 0 Å². The Morgan fingerprint density at radius 2 is 1.74 bits per heavy atom. The first kappa shape index (κ1) is 29.2. The minimum absolute atomic E-state index is 0.00401. The van der Waals surface area contributed by atoms with Crippen LogP contribution in [0.2, 0.25) is 0 Å². The van der Waals surface area contributed by atoms with E-state index in [1.165, 1.54) is 101 Å². The van der Waals surface area contributed by atoms with Gasteiger partial charge in [-0.25, -0.2) is 0 Å². The van der Waals surface area contributed by atoms with Gasteiger partial charge in [-0.15, -0.1) is 0 Å². The van der Waals surface area contributed by atoms with E-state index in [4.69, 9.17) is 9.47 Å². The number of aliphatic hydroxyl groups excluding tert-OH is 1. The minimum Gasteiger partial charge on any atom is -0.493 e. The third kappa shape index (κ3) is 5.04. The lowest BCUT2D eigenvalue weighted by Gasteiger charge is -2.67. The van der Waals surface area contributed by atoms with Crippen molar-refractivity contribution in [1.82, 2.24) is 9.80 Å². The smallest absolute Gasteiger partial charge is 0.166 e. The number of unbranched alkanes of at least 4 members (excludes halogenated alkanes) is 5. The topological polar surface area (TPSA) is 45.2 Å². The Hall–Kier alpha value is -1.56. The summed E-state index contributed by atoms with van der Waals surface area (Å²) in [5, 5.41) is 10.3. The van der Waals surface area contributed by atoms with Crippen LogP contribution in [-0.2, 0) is 12.0 Å². The second-order valence-corrected chi connectivity index (χ2v) is 16.4. The fourth-order valence-corrected chi connectivity index (χ4v) is 11.6. The summed E-state index contributed by atoms with van der Waals surface area (Å²) >= 11 is 0. The van der Waals surface area contributed by atoms with Crippen molar-refractivity contribution < 1.29 is 14.6 Å². The van der Waals surface area contributed by atoms with Crippen molar-refractivity contribution in [1.29, 1.82) is 0 Å². The predicted octanol–water partition coefficient (Wildman–Crippen LogP) is 7.24. The fraction of sp³-hybridized carbons (Fsp3) is 0.784. The molecule has 2 aliphatic heterocycles. The van der Waals surface area contributed by atoms with E-state index in [9.17, 15) is 5.11 Å². The van der Waals surface area contributed by atoms with Gasteiger partial charge in [-0.05, 0) is 113 Å². The highest BCUT2D eigenvalue weighted by Crippen LogP contribution is 2.67. The van der Waals surface area contributed by atoms with Crippen molar-refractivity contribution in [2.45, 2.75) is 133 Å². The monoisotopic (exact) mass is 576 g/mol. The van der Waals surface area contributed by atoms with E-state index in [1.807, 2.05) is 6.08 Å². The highest BCUT2D eigenvalue weighted by atomic mass is 16.5. The van der Waals surface area contributed by atoms with E-state index in [1.54, 1.807) is 7.11 Å². The van der Waals surface area contributed by atoms with Gasteiger partial charge in [-0.2, -0.15) is 0 Å². The molecule has 2 heterocycles. The number of aliphatic hydroxyl groups is 1. The first-order chi connectivity index (χ1) is 20.1. The summed E-state index contributed by atoms with van der Waals surface area (Å²) in [4.78, 5) is 5.48. The molecule has 1 spiro atoms. The molecule has 1 aromatic carbocycles. The van der Waals surface area contributed by atoms with Crippen LogP contribution in [0.3, 0.4) is 0 Å². The summed E-state index contributed by atoms with van der Waals surface area (Å²) in [6.07, 6.45) is 22.4. The molecule has 2 unspecified atom stereocenters. The Morgan fingerprint density at radius 1 is 1.00 bits per heavy atom. The molecule has 0 aromatic heterocycles. The molecule has 1 aromatic rings. The third-order valence-electron chi connectivity index (χ3n) is 12.7. The molecule has 42 heavy (non-hydrogen) atoms. The SMILES string of the molecule is COc1ccc2c3c1O[C@H]1C[C@@H](O)C=C[C@@]31CCN(CCCCCCCCN(C)C13CC4C[C@@](C)(C1)C[C@](C)(C4)C3)C2. The molecule has 4 fully saturated rings. The molecular weight excluding hydrogens is 520 g/mol.